The first-order chi connectivity index (χ1) is 12.4. The van der Waals surface area contributed by atoms with Crippen molar-refractivity contribution in [3.8, 4) is 0 Å². The van der Waals surface area contributed by atoms with Crippen LogP contribution in [0.3, 0.4) is 0 Å². The summed E-state index contributed by atoms with van der Waals surface area (Å²) in [6.07, 6.45) is 1.94. The molecule has 5 nitrogen and oxygen atoms in total. The maximum atomic E-state index is 12.7. The van der Waals surface area contributed by atoms with Gasteiger partial charge in [-0.3, -0.25) is 4.79 Å². The summed E-state index contributed by atoms with van der Waals surface area (Å²) in [6, 6.07) is 12.8. The summed E-state index contributed by atoms with van der Waals surface area (Å²) in [6.45, 7) is 3.18. The first kappa shape index (κ1) is 18.9. The summed E-state index contributed by atoms with van der Waals surface area (Å²) in [5.74, 6) is 0.0959. The molecule has 1 saturated heterocycles. The van der Waals surface area contributed by atoms with Gasteiger partial charge in [0.2, 0.25) is 10.0 Å². The number of halogens is 1. The number of amides is 1. The first-order valence-corrected chi connectivity index (χ1v) is 10.4. The molecule has 2 aromatic carbocycles. The van der Waals surface area contributed by atoms with Crippen molar-refractivity contribution in [3.05, 3.63) is 59.1 Å². The molecule has 1 aliphatic rings. The molecular formula is C19H21ClN2O3S. The summed E-state index contributed by atoms with van der Waals surface area (Å²) in [5, 5.41) is 3.31. The quantitative estimate of drug-likeness (QED) is 0.854. The van der Waals surface area contributed by atoms with Crippen molar-refractivity contribution >= 4 is 33.2 Å². The molecule has 0 bridgehead atoms. The molecule has 7 heteroatoms. The smallest absolute Gasteiger partial charge is 0.255 e. The fourth-order valence-corrected chi connectivity index (χ4v) is 4.75. The van der Waals surface area contributed by atoms with Gasteiger partial charge < -0.3 is 5.32 Å². The second-order valence-electron chi connectivity index (χ2n) is 6.60. The van der Waals surface area contributed by atoms with Gasteiger partial charge in [0.15, 0.2) is 0 Å². The minimum Gasteiger partial charge on any atom is -0.322 e. The van der Waals surface area contributed by atoms with Crippen molar-refractivity contribution in [2.75, 3.05) is 18.4 Å². The molecule has 3 rings (SSSR count). The molecule has 1 atom stereocenters. The Labute approximate surface area is 159 Å². The van der Waals surface area contributed by atoms with E-state index in [1.807, 2.05) is 0 Å². The van der Waals surface area contributed by atoms with Crippen molar-refractivity contribution in [3.63, 3.8) is 0 Å². The van der Waals surface area contributed by atoms with Crippen molar-refractivity contribution in [1.82, 2.24) is 4.31 Å². The van der Waals surface area contributed by atoms with Crippen LogP contribution in [-0.2, 0) is 10.0 Å². The maximum Gasteiger partial charge on any atom is 0.255 e. The molecule has 0 aliphatic carbocycles. The van der Waals surface area contributed by atoms with Gasteiger partial charge in [0.25, 0.3) is 5.91 Å². The van der Waals surface area contributed by atoms with Crippen molar-refractivity contribution in [1.29, 1.82) is 0 Å². The van der Waals surface area contributed by atoms with Gasteiger partial charge in [0.05, 0.1) is 4.90 Å². The highest BCUT2D eigenvalue weighted by molar-refractivity contribution is 7.89. The Morgan fingerprint density at radius 1 is 1.12 bits per heavy atom. The Kier molecular flexibility index (Phi) is 5.65. The van der Waals surface area contributed by atoms with Crippen LogP contribution < -0.4 is 5.32 Å². The van der Waals surface area contributed by atoms with Gasteiger partial charge in [0.1, 0.15) is 0 Å². The average Bonchev–Trinajstić information content (AvgIpc) is 2.62. The van der Waals surface area contributed by atoms with Crippen LogP contribution in [0.5, 0.6) is 0 Å². The van der Waals surface area contributed by atoms with Crippen LogP contribution in [0, 0.1) is 5.92 Å². The summed E-state index contributed by atoms with van der Waals surface area (Å²) < 4.78 is 27.0. The van der Waals surface area contributed by atoms with E-state index >= 15 is 0 Å². The third-order valence-electron chi connectivity index (χ3n) is 4.48. The summed E-state index contributed by atoms with van der Waals surface area (Å²) in [4.78, 5) is 12.5. The number of hydrogen-bond acceptors (Lipinski definition) is 3. The van der Waals surface area contributed by atoms with E-state index in [1.54, 1.807) is 40.7 Å². The third-order valence-corrected chi connectivity index (χ3v) is 6.61. The van der Waals surface area contributed by atoms with Gasteiger partial charge in [-0.2, -0.15) is 4.31 Å². The Bertz CT molecular complexity index is 880. The highest BCUT2D eigenvalue weighted by Crippen LogP contribution is 2.24. The van der Waals surface area contributed by atoms with E-state index in [0.717, 1.165) is 12.8 Å². The van der Waals surface area contributed by atoms with Gasteiger partial charge in [0, 0.05) is 29.4 Å². The highest BCUT2D eigenvalue weighted by atomic mass is 35.5. The normalized spacial score (nSPS) is 18.5. The topological polar surface area (TPSA) is 66.5 Å². The lowest BCUT2D eigenvalue weighted by molar-refractivity contribution is 0.102. The summed E-state index contributed by atoms with van der Waals surface area (Å²) in [5.41, 5.74) is 1.02. The Morgan fingerprint density at radius 2 is 1.77 bits per heavy atom. The largest absolute Gasteiger partial charge is 0.322 e. The molecule has 1 fully saturated rings. The second-order valence-corrected chi connectivity index (χ2v) is 8.97. The lowest BCUT2D eigenvalue weighted by atomic mass is 10.0. The van der Waals surface area contributed by atoms with E-state index in [0.29, 0.717) is 35.3 Å². The Hall–Kier alpha value is -1.89. The van der Waals surface area contributed by atoms with Crippen LogP contribution in [0.25, 0.3) is 0 Å². The molecule has 1 N–H and O–H groups in total. The Morgan fingerprint density at radius 3 is 2.38 bits per heavy atom. The average molecular weight is 393 g/mol. The second kappa shape index (κ2) is 7.78. The number of carbonyl (C=O) groups excluding carboxylic acids is 1. The third kappa shape index (κ3) is 4.26. The molecule has 138 valence electrons. The molecular weight excluding hydrogens is 372 g/mol. The maximum absolute atomic E-state index is 12.7. The lowest BCUT2D eigenvalue weighted by Crippen LogP contribution is -2.39. The number of anilines is 1. The predicted molar refractivity (Wildman–Crippen MR) is 103 cm³/mol. The predicted octanol–water partition coefficient (Wildman–Crippen LogP) is 4.01. The molecule has 2 aromatic rings. The zero-order valence-electron chi connectivity index (χ0n) is 14.5. The number of carbonyl (C=O) groups is 1. The lowest BCUT2D eigenvalue weighted by Gasteiger charge is -2.30. The van der Waals surface area contributed by atoms with Gasteiger partial charge in [-0.15, -0.1) is 0 Å². The zero-order valence-corrected chi connectivity index (χ0v) is 16.1. The number of sulfonamides is 1. The molecule has 0 saturated carbocycles. The fraction of sp³-hybridized carbons (Fsp3) is 0.316. The van der Waals surface area contributed by atoms with E-state index in [2.05, 4.69) is 12.2 Å². The minimum atomic E-state index is -3.49. The van der Waals surface area contributed by atoms with Crippen LogP contribution in [0.2, 0.25) is 5.02 Å². The number of nitrogens with one attached hydrogen (secondary N) is 1. The van der Waals surface area contributed by atoms with Crippen molar-refractivity contribution < 1.29 is 13.2 Å². The molecule has 0 radical (unpaired) electrons. The molecule has 26 heavy (non-hydrogen) atoms. The molecule has 1 aliphatic heterocycles. The van der Waals surface area contributed by atoms with E-state index < -0.39 is 10.0 Å². The number of nitrogens with zero attached hydrogens (tertiary/aromatic N) is 1. The van der Waals surface area contributed by atoms with Crippen LogP contribution in [0.4, 0.5) is 5.69 Å². The molecule has 0 unspecified atom stereocenters. The standard InChI is InChI=1S/C19H21ClN2O3S/c1-14-3-2-12-22(13-14)26(24,25)18-10-8-17(9-11-18)21-19(23)15-4-6-16(20)7-5-15/h4-11,14H,2-3,12-13H2,1H3,(H,21,23)/t14-/m1/s1. The number of hydrogen-bond donors (Lipinski definition) is 1. The minimum absolute atomic E-state index is 0.246. The van der Waals surface area contributed by atoms with E-state index in [-0.39, 0.29) is 10.8 Å². The first-order valence-electron chi connectivity index (χ1n) is 8.53. The Balaban J connectivity index is 1.71. The van der Waals surface area contributed by atoms with Gasteiger partial charge in [-0.05, 0) is 67.3 Å². The molecule has 1 amide bonds. The monoisotopic (exact) mass is 392 g/mol. The molecule has 0 spiro atoms. The SMILES string of the molecule is C[C@@H]1CCCN(S(=O)(=O)c2ccc(NC(=O)c3ccc(Cl)cc3)cc2)C1. The van der Waals surface area contributed by atoms with Gasteiger partial charge in [-0.25, -0.2) is 8.42 Å². The number of rotatable bonds is 4. The zero-order chi connectivity index (χ0) is 18.7. The molecule has 0 aromatic heterocycles. The summed E-state index contributed by atoms with van der Waals surface area (Å²) >= 11 is 5.82. The van der Waals surface area contributed by atoms with Gasteiger partial charge in [-0.1, -0.05) is 18.5 Å². The van der Waals surface area contributed by atoms with Crippen molar-refractivity contribution in [2.45, 2.75) is 24.7 Å². The van der Waals surface area contributed by atoms with Crippen LogP contribution >= 0.6 is 11.6 Å². The van der Waals surface area contributed by atoms with Crippen LogP contribution in [0.15, 0.2) is 53.4 Å². The van der Waals surface area contributed by atoms with E-state index in [9.17, 15) is 13.2 Å². The fourth-order valence-electron chi connectivity index (χ4n) is 3.03. The van der Waals surface area contributed by atoms with Crippen molar-refractivity contribution in [2.24, 2.45) is 5.92 Å². The highest BCUT2D eigenvalue weighted by Gasteiger charge is 2.28. The number of piperidine rings is 1. The van der Waals surface area contributed by atoms with Gasteiger partial charge >= 0.3 is 0 Å². The molecule has 1 heterocycles. The summed E-state index contributed by atoms with van der Waals surface area (Å²) in [7, 11) is -3.49. The number of benzene rings is 2. The van der Waals surface area contributed by atoms with E-state index in [1.165, 1.54) is 12.1 Å². The van der Waals surface area contributed by atoms with Crippen LogP contribution in [-0.4, -0.2) is 31.7 Å². The van der Waals surface area contributed by atoms with E-state index in [4.69, 9.17) is 11.6 Å². The van der Waals surface area contributed by atoms with Crippen LogP contribution in [0.1, 0.15) is 30.1 Å².